The Morgan fingerprint density at radius 2 is 2.20 bits per heavy atom. The van der Waals surface area contributed by atoms with Crippen molar-refractivity contribution in [3.8, 4) is 0 Å². The molecule has 0 aromatic carbocycles. The zero-order valence-electron chi connectivity index (χ0n) is 12.2. The van der Waals surface area contributed by atoms with Crippen LogP contribution in [-0.2, 0) is 17.8 Å². The van der Waals surface area contributed by atoms with Crippen molar-refractivity contribution in [3.63, 3.8) is 0 Å². The van der Waals surface area contributed by atoms with Gasteiger partial charge in [-0.3, -0.25) is 9.89 Å². The van der Waals surface area contributed by atoms with Gasteiger partial charge in [0.25, 0.3) is 5.91 Å². The highest BCUT2D eigenvalue weighted by Gasteiger charge is 2.29. The van der Waals surface area contributed by atoms with Crippen molar-refractivity contribution in [2.24, 2.45) is 0 Å². The zero-order chi connectivity index (χ0) is 14.1. The molecule has 1 N–H and O–H groups in total. The summed E-state index contributed by atoms with van der Waals surface area (Å²) < 4.78 is 5.45. The lowest BCUT2D eigenvalue weighted by Crippen LogP contribution is -2.44. The van der Waals surface area contributed by atoms with Crippen molar-refractivity contribution >= 4 is 5.91 Å². The molecule has 2 aliphatic heterocycles. The molecule has 0 atom stereocenters. The summed E-state index contributed by atoms with van der Waals surface area (Å²) in [4.78, 5) is 16.8. The molecule has 0 aliphatic carbocycles. The molecule has 0 radical (unpaired) electrons. The van der Waals surface area contributed by atoms with Crippen molar-refractivity contribution in [2.75, 3.05) is 33.8 Å². The molecular formula is C14H22N4O2. The molecule has 1 fully saturated rings. The first kappa shape index (κ1) is 13.6. The minimum absolute atomic E-state index is 0.0163. The number of hydrogen-bond acceptors (Lipinski definition) is 4. The number of piperidine rings is 1. The maximum Gasteiger partial charge on any atom is 0.274 e. The standard InChI is InChI=1S/C14H22N4O2/c1-17-6-3-10(4-7-17)18(2)14(19)13-11-9-20-8-5-12(11)15-16-13/h10H,3-9H2,1-2H3,(H,15,16). The van der Waals surface area contributed by atoms with Crippen LogP contribution in [0.1, 0.15) is 34.6 Å². The summed E-state index contributed by atoms with van der Waals surface area (Å²) in [5, 5.41) is 7.21. The van der Waals surface area contributed by atoms with E-state index < -0.39 is 0 Å². The Balaban J connectivity index is 1.73. The Labute approximate surface area is 119 Å². The van der Waals surface area contributed by atoms with Crippen LogP contribution < -0.4 is 0 Å². The van der Waals surface area contributed by atoms with Gasteiger partial charge in [0.05, 0.1) is 13.2 Å². The van der Waals surface area contributed by atoms with Crippen LogP contribution in [0.25, 0.3) is 0 Å². The van der Waals surface area contributed by atoms with Crippen LogP contribution in [0.4, 0.5) is 0 Å². The molecule has 1 aromatic rings. The van der Waals surface area contributed by atoms with E-state index in [1.54, 1.807) is 0 Å². The summed E-state index contributed by atoms with van der Waals surface area (Å²) >= 11 is 0. The number of fused-ring (bicyclic) bond motifs is 1. The number of amides is 1. The lowest BCUT2D eigenvalue weighted by Gasteiger charge is -2.35. The Morgan fingerprint density at radius 3 is 2.95 bits per heavy atom. The number of hydrogen-bond donors (Lipinski definition) is 1. The van der Waals surface area contributed by atoms with E-state index in [2.05, 4.69) is 22.1 Å². The summed E-state index contributed by atoms with van der Waals surface area (Å²) in [6.45, 7) is 3.29. The number of nitrogens with one attached hydrogen (secondary N) is 1. The molecule has 1 amide bonds. The smallest absolute Gasteiger partial charge is 0.274 e. The van der Waals surface area contributed by atoms with Gasteiger partial charge in [0.15, 0.2) is 5.69 Å². The average Bonchev–Trinajstić information content (AvgIpc) is 2.90. The lowest BCUT2D eigenvalue weighted by molar-refractivity contribution is 0.0643. The summed E-state index contributed by atoms with van der Waals surface area (Å²) in [6.07, 6.45) is 2.87. The predicted octanol–water partition coefficient (Wildman–Crippen LogP) is 0.649. The normalized spacial score (nSPS) is 20.7. The van der Waals surface area contributed by atoms with Crippen LogP contribution in [0.2, 0.25) is 0 Å². The number of likely N-dealkylation sites (tertiary alicyclic amines) is 1. The number of carbonyl (C=O) groups is 1. The molecule has 6 heteroatoms. The van der Waals surface area contributed by atoms with Gasteiger partial charge in [-0.2, -0.15) is 5.10 Å². The van der Waals surface area contributed by atoms with Crippen LogP contribution in [0.5, 0.6) is 0 Å². The Hall–Kier alpha value is -1.40. The lowest BCUT2D eigenvalue weighted by atomic mass is 10.0. The van der Waals surface area contributed by atoms with Crippen molar-refractivity contribution in [2.45, 2.75) is 31.9 Å². The van der Waals surface area contributed by atoms with E-state index in [1.807, 2.05) is 11.9 Å². The second-order valence-corrected chi connectivity index (χ2v) is 5.78. The molecule has 1 aromatic heterocycles. The number of rotatable bonds is 2. The second-order valence-electron chi connectivity index (χ2n) is 5.78. The van der Waals surface area contributed by atoms with Gasteiger partial charge < -0.3 is 14.5 Å². The average molecular weight is 278 g/mol. The second kappa shape index (κ2) is 5.54. The summed E-state index contributed by atoms with van der Waals surface area (Å²) in [7, 11) is 4.02. The van der Waals surface area contributed by atoms with Crippen LogP contribution >= 0.6 is 0 Å². The molecular weight excluding hydrogens is 256 g/mol. The highest BCUT2D eigenvalue weighted by atomic mass is 16.5. The number of nitrogens with zero attached hydrogens (tertiary/aromatic N) is 3. The number of carbonyl (C=O) groups excluding carboxylic acids is 1. The molecule has 2 aliphatic rings. The number of aromatic nitrogens is 2. The largest absolute Gasteiger partial charge is 0.376 e. The minimum Gasteiger partial charge on any atom is -0.376 e. The van der Waals surface area contributed by atoms with Crippen LogP contribution in [0, 0.1) is 0 Å². The highest BCUT2D eigenvalue weighted by Crippen LogP contribution is 2.22. The fraction of sp³-hybridized carbons (Fsp3) is 0.714. The van der Waals surface area contributed by atoms with Gasteiger partial charge in [-0.05, 0) is 33.0 Å². The van der Waals surface area contributed by atoms with E-state index in [4.69, 9.17) is 4.74 Å². The first-order valence-electron chi connectivity index (χ1n) is 7.26. The highest BCUT2D eigenvalue weighted by molar-refractivity contribution is 5.94. The van der Waals surface area contributed by atoms with Crippen LogP contribution in [0.3, 0.4) is 0 Å². The summed E-state index contributed by atoms with van der Waals surface area (Å²) in [6, 6.07) is 0.315. The third-order valence-electron chi connectivity index (χ3n) is 4.45. The molecule has 110 valence electrons. The molecule has 1 saturated heterocycles. The van der Waals surface area contributed by atoms with Crippen molar-refractivity contribution in [1.82, 2.24) is 20.0 Å². The van der Waals surface area contributed by atoms with E-state index in [1.165, 1.54) is 0 Å². The summed E-state index contributed by atoms with van der Waals surface area (Å²) in [5.41, 5.74) is 2.54. The van der Waals surface area contributed by atoms with Gasteiger partial charge in [-0.1, -0.05) is 0 Å². The van der Waals surface area contributed by atoms with Crippen molar-refractivity contribution in [1.29, 1.82) is 0 Å². The third-order valence-corrected chi connectivity index (χ3v) is 4.45. The van der Waals surface area contributed by atoms with E-state index in [-0.39, 0.29) is 5.91 Å². The molecule has 0 spiro atoms. The van der Waals surface area contributed by atoms with Gasteiger partial charge in [0, 0.05) is 30.8 Å². The first-order valence-corrected chi connectivity index (χ1v) is 7.26. The number of ether oxygens (including phenoxy) is 1. The molecule has 6 nitrogen and oxygen atoms in total. The summed E-state index contributed by atoms with van der Waals surface area (Å²) in [5.74, 6) is 0.0163. The van der Waals surface area contributed by atoms with Crippen molar-refractivity contribution < 1.29 is 9.53 Å². The zero-order valence-corrected chi connectivity index (χ0v) is 12.2. The molecule has 20 heavy (non-hydrogen) atoms. The predicted molar refractivity (Wildman–Crippen MR) is 74.6 cm³/mol. The third kappa shape index (κ3) is 2.45. The molecule has 0 bridgehead atoms. The Morgan fingerprint density at radius 1 is 1.45 bits per heavy atom. The maximum atomic E-state index is 12.6. The maximum absolute atomic E-state index is 12.6. The van der Waals surface area contributed by atoms with Crippen LogP contribution in [-0.4, -0.2) is 65.7 Å². The minimum atomic E-state index is 0.0163. The quantitative estimate of drug-likeness (QED) is 0.863. The van der Waals surface area contributed by atoms with E-state index in [0.29, 0.717) is 24.9 Å². The fourth-order valence-corrected chi connectivity index (χ4v) is 3.00. The molecule has 0 saturated carbocycles. The van der Waals surface area contributed by atoms with Crippen molar-refractivity contribution in [3.05, 3.63) is 17.0 Å². The molecule has 3 rings (SSSR count). The first-order chi connectivity index (χ1) is 9.66. The SMILES string of the molecule is CN1CCC(N(C)C(=O)c2n[nH]c3c2COCC3)CC1. The Kier molecular flexibility index (Phi) is 3.76. The van der Waals surface area contributed by atoms with E-state index >= 15 is 0 Å². The van der Waals surface area contributed by atoms with Gasteiger partial charge in [0.2, 0.25) is 0 Å². The fourth-order valence-electron chi connectivity index (χ4n) is 3.00. The number of aromatic amines is 1. The monoisotopic (exact) mass is 278 g/mol. The number of H-pyrrole nitrogens is 1. The Bertz CT molecular complexity index is 491. The van der Waals surface area contributed by atoms with Gasteiger partial charge in [-0.15, -0.1) is 0 Å². The van der Waals surface area contributed by atoms with Crippen LogP contribution in [0.15, 0.2) is 0 Å². The van der Waals surface area contributed by atoms with Gasteiger partial charge in [0.1, 0.15) is 0 Å². The molecule has 0 unspecified atom stereocenters. The van der Waals surface area contributed by atoms with Gasteiger partial charge >= 0.3 is 0 Å². The molecule has 3 heterocycles. The topological polar surface area (TPSA) is 61.5 Å². The van der Waals surface area contributed by atoms with Gasteiger partial charge in [-0.25, -0.2) is 0 Å². The van der Waals surface area contributed by atoms with E-state index in [0.717, 1.165) is 43.6 Å². The van der Waals surface area contributed by atoms with E-state index in [9.17, 15) is 4.79 Å².